The Kier molecular flexibility index (Phi) is 3.48. The van der Waals surface area contributed by atoms with Crippen molar-refractivity contribution >= 4 is 33.3 Å². The number of anilines is 1. The smallest absolute Gasteiger partial charge is 0.320 e. The lowest BCUT2D eigenvalue weighted by Gasteiger charge is -2.06. The fraction of sp³-hybridized carbons (Fsp3) is 0.143. The summed E-state index contributed by atoms with van der Waals surface area (Å²) < 4.78 is 24.4. The van der Waals surface area contributed by atoms with Gasteiger partial charge >= 0.3 is 5.97 Å². The minimum absolute atomic E-state index is 0.0559. The Labute approximate surface area is 91.0 Å². The van der Waals surface area contributed by atoms with Crippen molar-refractivity contribution in [3.8, 4) is 0 Å². The number of rotatable bonds is 4. The van der Waals surface area contributed by atoms with Crippen LogP contribution in [0.1, 0.15) is 0 Å². The largest absolute Gasteiger partial charge is 0.480 e. The minimum Gasteiger partial charge on any atom is -0.480 e. The number of carboxylic acids is 1. The van der Waals surface area contributed by atoms with E-state index in [0.29, 0.717) is 0 Å². The van der Waals surface area contributed by atoms with Gasteiger partial charge < -0.3 is 5.11 Å². The average Bonchev–Trinajstić information content (AvgIpc) is 2.06. The zero-order chi connectivity index (χ0) is 11.5. The predicted molar refractivity (Wildman–Crippen MR) is 54.3 cm³/mol. The Morgan fingerprint density at radius 2 is 2.27 bits per heavy atom. The Bertz CT molecular complexity index is 474. The maximum atomic E-state index is 11.2. The van der Waals surface area contributed by atoms with Crippen LogP contribution in [0.25, 0.3) is 0 Å². The number of aliphatic carboxylic acids is 1. The summed E-state index contributed by atoms with van der Waals surface area (Å²) in [5.41, 5.74) is 0.0559. The van der Waals surface area contributed by atoms with Gasteiger partial charge in [-0.2, -0.15) is 0 Å². The number of halogens is 1. The number of hydrogen-bond acceptors (Lipinski definition) is 4. The van der Waals surface area contributed by atoms with Crippen LogP contribution in [0.2, 0.25) is 5.02 Å². The van der Waals surface area contributed by atoms with Gasteiger partial charge in [0.05, 0.1) is 16.9 Å². The molecule has 1 aromatic rings. The zero-order valence-corrected chi connectivity index (χ0v) is 8.92. The van der Waals surface area contributed by atoms with Gasteiger partial charge in [0.25, 0.3) is 0 Å². The topological polar surface area (TPSA) is 96.4 Å². The molecule has 0 unspecified atom stereocenters. The Balaban J connectivity index is 2.87. The second-order valence-electron chi connectivity index (χ2n) is 2.61. The Morgan fingerprint density at radius 1 is 1.60 bits per heavy atom. The first-order chi connectivity index (χ1) is 6.91. The molecule has 0 aliphatic rings. The third-order valence-electron chi connectivity index (χ3n) is 1.35. The Morgan fingerprint density at radius 3 is 2.80 bits per heavy atom. The van der Waals surface area contributed by atoms with Crippen molar-refractivity contribution in [1.82, 2.24) is 4.98 Å². The van der Waals surface area contributed by atoms with Gasteiger partial charge in [-0.3, -0.25) is 14.5 Å². The summed E-state index contributed by atoms with van der Waals surface area (Å²) in [6.07, 6.45) is 2.58. The van der Waals surface area contributed by atoms with Gasteiger partial charge in [-0.15, -0.1) is 0 Å². The number of nitrogens with one attached hydrogen (secondary N) is 1. The molecule has 0 fully saturated rings. The van der Waals surface area contributed by atoms with E-state index in [9.17, 15) is 13.2 Å². The van der Waals surface area contributed by atoms with Gasteiger partial charge in [-0.1, -0.05) is 11.6 Å². The zero-order valence-electron chi connectivity index (χ0n) is 7.34. The second kappa shape index (κ2) is 4.45. The summed E-state index contributed by atoms with van der Waals surface area (Å²) in [5.74, 6) is -2.46. The van der Waals surface area contributed by atoms with E-state index < -0.39 is 21.7 Å². The van der Waals surface area contributed by atoms with Crippen LogP contribution in [0.15, 0.2) is 18.5 Å². The molecule has 0 amide bonds. The molecule has 0 aromatic carbocycles. The fourth-order valence-electron chi connectivity index (χ4n) is 0.819. The Hall–Kier alpha value is -1.34. The van der Waals surface area contributed by atoms with Crippen LogP contribution in [0.4, 0.5) is 5.69 Å². The molecule has 0 saturated heterocycles. The quantitative estimate of drug-likeness (QED) is 0.814. The van der Waals surface area contributed by atoms with Crippen LogP contribution in [-0.2, 0) is 14.8 Å². The van der Waals surface area contributed by atoms with Gasteiger partial charge in [0.2, 0.25) is 10.0 Å². The van der Waals surface area contributed by atoms with Crippen molar-refractivity contribution in [2.45, 2.75) is 0 Å². The summed E-state index contributed by atoms with van der Waals surface area (Å²) in [4.78, 5) is 13.9. The molecular weight excluding hydrogens is 244 g/mol. The first kappa shape index (κ1) is 11.7. The molecule has 2 N–H and O–H groups in total. The molecule has 6 nitrogen and oxygen atoms in total. The fourth-order valence-corrected chi connectivity index (χ4v) is 1.92. The lowest BCUT2D eigenvalue weighted by Crippen LogP contribution is -2.22. The highest BCUT2D eigenvalue weighted by molar-refractivity contribution is 7.93. The van der Waals surface area contributed by atoms with Crippen molar-refractivity contribution < 1.29 is 18.3 Å². The molecule has 0 atom stereocenters. The number of carbonyl (C=O) groups is 1. The third-order valence-corrected chi connectivity index (χ3v) is 2.83. The number of aromatic nitrogens is 1. The minimum atomic E-state index is -3.93. The number of sulfonamides is 1. The van der Waals surface area contributed by atoms with E-state index in [1.165, 1.54) is 18.5 Å². The van der Waals surface area contributed by atoms with E-state index in [4.69, 9.17) is 16.7 Å². The molecule has 0 bridgehead atoms. The van der Waals surface area contributed by atoms with Gasteiger partial charge in [0, 0.05) is 6.20 Å². The van der Waals surface area contributed by atoms with Crippen LogP contribution in [0.5, 0.6) is 0 Å². The van der Waals surface area contributed by atoms with E-state index in [2.05, 4.69) is 4.98 Å². The van der Waals surface area contributed by atoms with Gasteiger partial charge in [0.1, 0.15) is 0 Å². The van der Waals surface area contributed by atoms with Gasteiger partial charge in [-0.25, -0.2) is 8.42 Å². The van der Waals surface area contributed by atoms with Crippen molar-refractivity contribution in [2.75, 3.05) is 10.5 Å². The summed E-state index contributed by atoms with van der Waals surface area (Å²) in [7, 11) is -3.93. The molecule has 0 aliphatic carbocycles. The number of carboxylic acid groups (broad SMARTS) is 1. The molecule has 1 aromatic heterocycles. The predicted octanol–water partition coefficient (Wildman–Crippen LogP) is 0.561. The molecule has 8 heteroatoms. The summed E-state index contributed by atoms with van der Waals surface area (Å²) in [6.45, 7) is 0. The number of pyridine rings is 1. The summed E-state index contributed by atoms with van der Waals surface area (Å²) in [5, 5.41) is 8.48. The third kappa shape index (κ3) is 3.72. The maximum absolute atomic E-state index is 11.2. The lowest BCUT2D eigenvalue weighted by atomic mass is 10.4. The molecule has 82 valence electrons. The van der Waals surface area contributed by atoms with E-state index >= 15 is 0 Å². The maximum Gasteiger partial charge on any atom is 0.320 e. The van der Waals surface area contributed by atoms with Crippen LogP contribution in [0, 0.1) is 0 Å². The van der Waals surface area contributed by atoms with Gasteiger partial charge in [-0.05, 0) is 6.07 Å². The van der Waals surface area contributed by atoms with Crippen molar-refractivity contribution in [1.29, 1.82) is 0 Å². The van der Waals surface area contributed by atoms with Crippen LogP contribution in [-0.4, -0.2) is 30.2 Å². The van der Waals surface area contributed by atoms with Crippen LogP contribution >= 0.6 is 11.6 Å². The van der Waals surface area contributed by atoms with Crippen LogP contribution in [0.3, 0.4) is 0 Å². The molecule has 0 spiro atoms. The van der Waals surface area contributed by atoms with E-state index in [1.54, 1.807) is 0 Å². The SMILES string of the molecule is O=C(O)CS(=O)(=O)Nc1cnccc1Cl. The van der Waals surface area contributed by atoms with E-state index in [-0.39, 0.29) is 10.7 Å². The highest BCUT2D eigenvalue weighted by Gasteiger charge is 2.16. The molecule has 0 aliphatic heterocycles. The van der Waals surface area contributed by atoms with Crippen LogP contribution < -0.4 is 4.72 Å². The normalized spacial score (nSPS) is 11.0. The number of hydrogen-bond donors (Lipinski definition) is 2. The molecule has 0 radical (unpaired) electrons. The van der Waals surface area contributed by atoms with Gasteiger partial charge in [0.15, 0.2) is 5.75 Å². The molecule has 15 heavy (non-hydrogen) atoms. The molecular formula is C7H7ClN2O4S. The summed E-state index contributed by atoms with van der Waals surface area (Å²) in [6, 6.07) is 1.39. The molecule has 1 heterocycles. The van der Waals surface area contributed by atoms with Crippen molar-refractivity contribution in [3.63, 3.8) is 0 Å². The lowest BCUT2D eigenvalue weighted by molar-refractivity contribution is -0.134. The standard InChI is InChI=1S/C7H7ClN2O4S/c8-5-1-2-9-3-6(5)10-15(13,14)4-7(11)12/h1-3,10H,4H2,(H,11,12). The average molecular weight is 251 g/mol. The highest BCUT2D eigenvalue weighted by atomic mass is 35.5. The first-order valence-electron chi connectivity index (χ1n) is 3.72. The van der Waals surface area contributed by atoms with Crippen molar-refractivity contribution in [2.24, 2.45) is 0 Å². The summed E-state index contributed by atoms with van der Waals surface area (Å²) >= 11 is 5.65. The second-order valence-corrected chi connectivity index (χ2v) is 4.74. The highest BCUT2D eigenvalue weighted by Crippen LogP contribution is 2.20. The van der Waals surface area contributed by atoms with Crippen molar-refractivity contribution in [3.05, 3.63) is 23.5 Å². The van der Waals surface area contributed by atoms with E-state index in [0.717, 1.165) is 0 Å². The van der Waals surface area contributed by atoms with E-state index in [1.807, 2.05) is 4.72 Å². The first-order valence-corrected chi connectivity index (χ1v) is 5.75. The number of nitrogens with zero attached hydrogens (tertiary/aromatic N) is 1. The molecule has 0 saturated carbocycles. The monoisotopic (exact) mass is 250 g/mol. The molecule has 1 rings (SSSR count).